The number of benzene rings is 2. The van der Waals surface area contributed by atoms with E-state index >= 15 is 0 Å². The maximum atomic E-state index is 12.0. The third-order valence-corrected chi connectivity index (χ3v) is 4.54. The molecule has 1 N–H and O–H groups in total. The van der Waals surface area contributed by atoms with E-state index in [1.54, 1.807) is 0 Å². The van der Waals surface area contributed by atoms with Crippen molar-refractivity contribution < 1.29 is 4.79 Å². The highest BCUT2D eigenvalue weighted by Gasteiger charge is 2.13. The molecule has 1 heterocycles. The Morgan fingerprint density at radius 1 is 1.16 bits per heavy atom. The molecule has 5 heteroatoms. The predicted octanol–water partition coefficient (Wildman–Crippen LogP) is 4.20. The van der Waals surface area contributed by atoms with Crippen LogP contribution >= 0.6 is 11.6 Å². The SMILES string of the molecule is CCCNC(=O)CCn1c(Cc2ccccc2Cl)nc2ccccc21. The summed E-state index contributed by atoms with van der Waals surface area (Å²) < 4.78 is 2.13. The second kappa shape index (κ2) is 8.17. The van der Waals surface area contributed by atoms with Crippen molar-refractivity contribution in [3.05, 3.63) is 64.9 Å². The molecule has 130 valence electrons. The van der Waals surface area contributed by atoms with Crippen molar-refractivity contribution in [2.75, 3.05) is 6.54 Å². The Morgan fingerprint density at radius 2 is 1.92 bits per heavy atom. The average molecular weight is 356 g/mol. The number of amides is 1. The lowest BCUT2D eigenvalue weighted by atomic mass is 10.1. The molecule has 1 aromatic heterocycles. The summed E-state index contributed by atoms with van der Waals surface area (Å²) in [6.07, 6.45) is 2.03. The maximum Gasteiger partial charge on any atom is 0.221 e. The summed E-state index contributed by atoms with van der Waals surface area (Å²) in [7, 11) is 0. The summed E-state index contributed by atoms with van der Waals surface area (Å²) in [6.45, 7) is 3.37. The largest absolute Gasteiger partial charge is 0.356 e. The van der Waals surface area contributed by atoms with Crippen LogP contribution in [-0.2, 0) is 17.8 Å². The van der Waals surface area contributed by atoms with E-state index in [4.69, 9.17) is 16.6 Å². The molecule has 4 nitrogen and oxygen atoms in total. The highest BCUT2D eigenvalue weighted by molar-refractivity contribution is 6.31. The van der Waals surface area contributed by atoms with Gasteiger partial charge in [0.25, 0.3) is 0 Å². The van der Waals surface area contributed by atoms with Crippen LogP contribution in [0.1, 0.15) is 31.2 Å². The highest BCUT2D eigenvalue weighted by Crippen LogP contribution is 2.22. The Labute approximate surface area is 152 Å². The first-order chi connectivity index (χ1) is 12.2. The van der Waals surface area contributed by atoms with Crippen LogP contribution in [-0.4, -0.2) is 22.0 Å². The van der Waals surface area contributed by atoms with E-state index < -0.39 is 0 Å². The molecule has 0 radical (unpaired) electrons. The van der Waals surface area contributed by atoms with Crippen LogP contribution in [0.4, 0.5) is 0 Å². The van der Waals surface area contributed by atoms with Crippen LogP contribution in [0.2, 0.25) is 5.02 Å². The predicted molar refractivity (Wildman–Crippen MR) is 102 cm³/mol. The van der Waals surface area contributed by atoms with Gasteiger partial charge in [-0.1, -0.05) is 48.9 Å². The zero-order valence-electron chi connectivity index (χ0n) is 14.3. The Morgan fingerprint density at radius 3 is 2.72 bits per heavy atom. The Kier molecular flexibility index (Phi) is 5.71. The Hall–Kier alpha value is -2.33. The number of carbonyl (C=O) groups is 1. The highest BCUT2D eigenvalue weighted by atomic mass is 35.5. The molecule has 0 bridgehead atoms. The lowest BCUT2D eigenvalue weighted by Gasteiger charge is -2.10. The quantitative estimate of drug-likeness (QED) is 0.690. The molecule has 0 spiro atoms. The molecular formula is C20H22ClN3O. The van der Waals surface area contributed by atoms with E-state index in [0.717, 1.165) is 40.4 Å². The number of nitrogens with zero attached hydrogens (tertiary/aromatic N) is 2. The summed E-state index contributed by atoms with van der Waals surface area (Å²) in [5.74, 6) is 1.00. The maximum absolute atomic E-state index is 12.0. The molecule has 1 amide bonds. The molecule has 0 unspecified atom stereocenters. The van der Waals surface area contributed by atoms with Gasteiger partial charge in [0.15, 0.2) is 0 Å². The van der Waals surface area contributed by atoms with Crippen molar-refractivity contribution in [2.45, 2.75) is 32.7 Å². The van der Waals surface area contributed by atoms with Gasteiger partial charge in [0.05, 0.1) is 11.0 Å². The number of nitrogens with one attached hydrogen (secondary N) is 1. The molecule has 0 fully saturated rings. The molecule has 0 aliphatic carbocycles. The monoisotopic (exact) mass is 355 g/mol. The van der Waals surface area contributed by atoms with Gasteiger partial charge in [0, 0.05) is 31.0 Å². The number of fused-ring (bicyclic) bond motifs is 1. The first-order valence-electron chi connectivity index (χ1n) is 8.63. The number of hydrogen-bond acceptors (Lipinski definition) is 2. The first kappa shape index (κ1) is 17.5. The second-order valence-electron chi connectivity index (χ2n) is 6.04. The van der Waals surface area contributed by atoms with Gasteiger partial charge in [-0.2, -0.15) is 0 Å². The number of imidazole rings is 1. The lowest BCUT2D eigenvalue weighted by molar-refractivity contribution is -0.121. The molecular weight excluding hydrogens is 334 g/mol. The minimum atomic E-state index is 0.0725. The van der Waals surface area contributed by atoms with Crippen molar-refractivity contribution >= 4 is 28.5 Å². The van der Waals surface area contributed by atoms with E-state index in [0.29, 0.717) is 19.4 Å². The van der Waals surface area contributed by atoms with Crippen molar-refractivity contribution in [2.24, 2.45) is 0 Å². The van der Waals surface area contributed by atoms with E-state index in [1.807, 2.05) is 55.5 Å². The third-order valence-electron chi connectivity index (χ3n) is 4.17. The zero-order chi connectivity index (χ0) is 17.6. The molecule has 0 saturated heterocycles. The summed E-state index contributed by atoms with van der Waals surface area (Å²) in [4.78, 5) is 16.8. The number of hydrogen-bond donors (Lipinski definition) is 1. The molecule has 3 aromatic rings. The van der Waals surface area contributed by atoms with Crippen LogP contribution in [0.15, 0.2) is 48.5 Å². The molecule has 3 rings (SSSR count). The fraction of sp³-hybridized carbons (Fsp3) is 0.300. The van der Waals surface area contributed by atoms with Gasteiger partial charge in [-0.15, -0.1) is 0 Å². The van der Waals surface area contributed by atoms with Gasteiger partial charge in [-0.25, -0.2) is 4.98 Å². The fourth-order valence-corrected chi connectivity index (χ4v) is 3.09. The first-order valence-corrected chi connectivity index (χ1v) is 9.01. The van der Waals surface area contributed by atoms with Gasteiger partial charge in [-0.05, 0) is 30.2 Å². The molecule has 0 atom stereocenters. The van der Waals surface area contributed by atoms with E-state index in [-0.39, 0.29) is 5.91 Å². The number of rotatable bonds is 7. The second-order valence-corrected chi connectivity index (χ2v) is 6.44. The lowest BCUT2D eigenvalue weighted by Crippen LogP contribution is -2.25. The van der Waals surface area contributed by atoms with E-state index in [1.165, 1.54) is 0 Å². The van der Waals surface area contributed by atoms with Crippen LogP contribution in [0.25, 0.3) is 11.0 Å². The van der Waals surface area contributed by atoms with Gasteiger partial charge < -0.3 is 9.88 Å². The van der Waals surface area contributed by atoms with Gasteiger partial charge in [0.2, 0.25) is 5.91 Å². The van der Waals surface area contributed by atoms with Crippen molar-refractivity contribution in [3.63, 3.8) is 0 Å². The molecule has 0 saturated carbocycles. The number of halogens is 1. The number of aryl methyl sites for hydroxylation is 1. The molecule has 25 heavy (non-hydrogen) atoms. The van der Waals surface area contributed by atoms with Crippen molar-refractivity contribution in [3.8, 4) is 0 Å². The van der Waals surface area contributed by atoms with Crippen LogP contribution in [0.5, 0.6) is 0 Å². The third kappa shape index (κ3) is 4.20. The normalized spacial score (nSPS) is 11.0. The van der Waals surface area contributed by atoms with Crippen LogP contribution in [0, 0.1) is 0 Å². The minimum Gasteiger partial charge on any atom is -0.356 e. The summed E-state index contributed by atoms with van der Waals surface area (Å²) in [5, 5.41) is 3.67. The minimum absolute atomic E-state index is 0.0725. The number of aromatic nitrogens is 2. The van der Waals surface area contributed by atoms with Gasteiger partial charge >= 0.3 is 0 Å². The smallest absolute Gasteiger partial charge is 0.221 e. The summed E-state index contributed by atoms with van der Waals surface area (Å²) in [6, 6.07) is 15.8. The summed E-state index contributed by atoms with van der Waals surface area (Å²) >= 11 is 6.31. The van der Waals surface area contributed by atoms with Crippen molar-refractivity contribution in [1.29, 1.82) is 0 Å². The van der Waals surface area contributed by atoms with Crippen LogP contribution < -0.4 is 5.32 Å². The Balaban J connectivity index is 1.87. The Bertz CT molecular complexity index is 872. The standard InChI is InChI=1S/C20H22ClN3O/c1-2-12-22-20(25)11-13-24-18-10-6-5-9-17(18)23-19(24)14-15-7-3-4-8-16(15)21/h3-10H,2,11-14H2,1H3,(H,22,25). The number of carbonyl (C=O) groups excluding carboxylic acids is 1. The van der Waals surface area contributed by atoms with Crippen molar-refractivity contribution in [1.82, 2.24) is 14.9 Å². The van der Waals surface area contributed by atoms with Gasteiger partial charge in [0.1, 0.15) is 5.82 Å². The summed E-state index contributed by atoms with van der Waals surface area (Å²) in [5.41, 5.74) is 3.03. The molecule has 0 aliphatic heterocycles. The van der Waals surface area contributed by atoms with Crippen LogP contribution in [0.3, 0.4) is 0 Å². The van der Waals surface area contributed by atoms with E-state index in [9.17, 15) is 4.79 Å². The molecule has 2 aromatic carbocycles. The topological polar surface area (TPSA) is 46.9 Å². The zero-order valence-corrected chi connectivity index (χ0v) is 15.1. The fourth-order valence-electron chi connectivity index (χ4n) is 2.89. The van der Waals surface area contributed by atoms with E-state index in [2.05, 4.69) is 9.88 Å². The molecule has 0 aliphatic rings. The average Bonchev–Trinajstić information content (AvgIpc) is 2.97. The number of para-hydroxylation sites is 2. The van der Waals surface area contributed by atoms with Gasteiger partial charge in [-0.3, -0.25) is 4.79 Å².